The lowest BCUT2D eigenvalue weighted by Crippen LogP contribution is -2.45. The van der Waals surface area contributed by atoms with Crippen LogP contribution in [0.5, 0.6) is 0 Å². The summed E-state index contributed by atoms with van der Waals surface area (Å²) in [6.07, 6.45) is 5.63. The number of carbonyl (C=O) groups excluding carboxylic acids is 1. The van der Waals surface area contributed by atoms with Crippen LogP contribution < -0.4 is 0 Å². The van der Waals surface area contributed by atoms with Crippen molar-refractivity contribution in [2.24, 2.45) is 4.40 Å². The monoisotopic (exact) mass is 300 g/mol. The topological polar surface area (TPSA) is 59.0 Å². The van der Waals surface area contributed by atoms with Crippen molar-refractivity contribution in [1.82, 2.24) is 4.90 Å². The molecule has 1 aliphatic rings. The van der Waals surface area contributed by atoms with Gasteiger partial charge in [0.25, 0.3) is 0 Å². The van der Waals surface area contributed by atoms with E-state index in [9.17, 15) is 9.00 Å². The Morgan fingerprint density at radius 1 is 1.50 bits per heavy atom. The van der Waals surface area contributed by atoms with Crippen molar-refractivity contribution in [3.8, 4) is 0 Å². The molecule has 2 unspecified atom stereocenters. The molecular weight excluding hydrogens is 276 g/mol. The van der Waals surface area contributed by atoms with E-state index >= 15 is 0 Å². The van der Waals surface area contributed by atoms with Gasteiger partial charge in [0.15, 0.2) is 0 Å². The molecule has 1 aliphatic heterocycles. The standard InChI is InChI=1S/C14H24N2O3S/c1-5-10-19-13(17)16-9-7-6-8-12(16)11-15-20(18)14(2,3)4/h5,11-12H,1,6-10H2,2-4H3/b15-11+. The van der Waals surface area contributed by atoms with E-state index < -0.39 is 11.0 Å². The molecule has 1 saturated heterocycles. The van der Waals surface area contributed by atoms with Crippen LogP contribution in [0.25, 0.3) is 0 Å². The number of nitrogens with zero attached hydrogens (tertiary/aromatic N) is 2. The average Bonchev–Trinajstić information content (AvgIpc) is 2.41. The van der Waals surface area contributed by atoms with Crippen molar-refractivity contribution >= 4 is 23.3 Å². The molecule has 0 N–H and O–H groups in total. The molecular formula is C14H24N2O3S. The Kier molecular flexibility index (Phi) is 6.39. The molecule has 2 atom stereocenters. The molecule has 0 spiro atoms. The van der Waals surface area contributed by atoms with E-state index in [4.69, 9.17) is 4.74 Å². The van der Waals surface area contributed by atoms with E-state index in [1.807, 2.05) is 20.8 Å². The summed E-state index contributed by atoms with van der Waals surface area (Å²) in [5, 5.41) is 0. The maximum absolute atomic E-state index is 11.9. The summed E-state index contributed by atoms with van der Waals surface area (Å²) in [7, 11) is -1.30. The quantitative estimate of drug-likeness (QED) is 0.592. The first kappa shape index (κ1) is 16.9. The zero-order chi connectivity index (χ0) is 15.2. The highest BCUT2D eigenvalue weighted by atomic mass is 32.2. The molecule has 0 radical (unpaired) electrons. The SMILES string of the molecule is C=CCOC(=O)N1CCCCC1/C=N/S(=O)C(C)(C)C. The second kappa shape index (κ2) is 7.57. The van der Waals surface area contributed by atoms with Crippen molar-refractivity contribution in [2.75, 3.05) is 13.2 Å². The van der Waals surface area contributed by atoms with Crippen LogP contribution in [0, 0.1) is 0 Å². The summed E-state index contributed by atoms with van der Waals surface area (Å²) < 4.78 is 20.7. The lowest BCUT2D eigenvalue weighted by atomic mass is 10.0. The third kappa shape index (κ3) is 5.07. The highest BCUT2D eigenvalue weighted by molar-refractivity contribution is 7.85. The van der Waals surface area contributed by atoms with Gasteiger partial charge in [-0.3, -0.25) is 0 Å². The van der Waals surface area contributed by atoms with E-state index in [1.165, 1.54) is 0 Å². The van der Waals surface area contributed by atoms with E-state index in [1.54, 1.807) is 17.2 Å². The summed E-state index contributed by atoms with van der Waals surface area (Å²) in [5.74, 6) is 0. The number of amides is 1. The van der Waals surface area contributed by atoms with Crippen LogP contribution in [-0.2, 0) is 15.7 Å². The minimum absolute atomic E-state index is 0.132. The van der Waals surface area contributed by atoms with Crippen molar-refractivity contribution in [1.29, 1.82) is 0 Å². The molecule has 0 aromatic carbocycles. The van der Waals surface area contributed by atoms with Gasteiger partial charge in [-0.2, -0.15) is 4.40 Å². The molecule has 5 nitrogen and oxygen atoms in total. The summed E-state index contributed by atoms with van der Waals surface area (Å²) in [6.45, 7) is 9.99. The molecule has 0 bridgehead atoms. The highest BCUT2D eigenvalue weighted by Gasteiger charge is 2.27. The molecule has 0 aromatic heterocycles. The van der Waals surface area contributed by atoms with Crippen LogP contribution in [0.3, 0.4) is 0 Å². The molecule has 1 amide bonds. The second-order valence-corrected chi connectivity index (χ2v) is 7.67. The first-order valence-corrected chi connectivity index (χ1v) is 7.97. The van der Waals surface area contributed by atoms with E-state index in [2.05, 4.69) is 11.0 Å². The molecule has 114 valence electrons. The smallest absolute Gasteiger partial charge is 0.410 e. The number of ether oxygens (including phenoxy) is 1. The van der Waals surface area contributed by atoms with Crippen LogP contribution in [0.2, 0.25) is 0 Å². The first-order chi connectivity index (χ1) is 9.36. The number of likely N-dealkylation sites (tertiary alicyclic amines) is 1. The van der Waals surface area contributed by atoms with Gasteiger partial charge in [0.05, 0.1) is 10.8 Å². The number of carbonyl (C=O) groups is 1. The maximum Gasteiger partial charge on any atom is 0.410 e. The largest absolute Gasteiger partial charge is 0.445 e. The van der Waals surface area contributed by atoms with Gasteiger partial charge in [-0.25, -0.2) is 9.00 Å². The zero-order valence-corrected chi connectivity index (χ0v) is 13.3. The number of hydrogen-bond acceptors (Lipinski definition) is 3. The van der Waals surface area contributed by atoms with Crippen LogP contribution in [0.15, 0.2) is 17.1 Å². The average molecular weight is 300 g/mol. The van der Waals surface area contributed by atoms with Gasteiger partial charge >= 0.3 is 6.09 Å². The van der Waals surface area contributed by atoms with Crippen molar-refractivity contribution in [2.45, 2.75) is 50.8 Å². The normalized spacial score (nSPS) is 21.8. The van der Waals surface area contributed by atoms with Gasteiger partial charge < -0.3 is 9.64 Å². The predicted octanol–water partition coefficient (Wildman–Crippen LogP) is 2.70. The fourth-order valence-electron chi connectivity index (χ4n) is 1.84. The Balaban J connectivity index is 2.69. The third-order valence-corrected chi connectivity index (χ3v) is 4.32. The predicted molar refractivity (Wildman–Crippen MR) is 82.3 cm³/mol. The highest BCUT2D eigenvalue weighted by Crippen LogP contribution is 2.18. The molecule has 1 heterocycles. The Bertz CT molecular complexity index is 402. The third-order valence-electron chi connectivity index (χ3n) is 2.96. The zero-order valence-electron chi connectivity index (χ0n) is 12.5. The summed E-state index contributed by atoms with van der Waals surface area (Å²) >= 11 is 0. The Labute approximate surface area is 123 Å². The van der Waals surface area contributed by atoms with Gasteiger partial charge in [0.2, 0.25) is 0 Å². The van der Waals surface area contributed by atoms with E-state index in [0.29, 0.717) is 6.54 Å². The van der Waals surface area contributed by atoms with Crippen molar-refractivity contribution < 1.29 is 13.7 Å². The minimum Gasteiger partial charge on any atom is -0.445 e. The van der Waals surface area contributed by atoms with Crippen LogP contribution in [0.4, 0.5) is 4.79 Å². The summed E-state index contributed by atoms with van der Waals surface area (Å²) in [5.41, 5.74) is 0. The van der Waals surface area contributed by atoms with Crippen LogP contribution in [-0.4, -0.2) is 45.4 Å². The summed E-state index contributed by atoms with van der Waals surface area (Å²) in [6, 6.07) is -0.132. The van der Waals surface area contributed by atoms with Crippen molar-refractivity contribution in [3.63, 3.8) is 0 Å². The number of piperidine rings is 1. The Morgan fingerprint density at radius 3 is 2.80 bits per heavy atom. The number of hydrogen-bond donors (Lipinski definition) is 0. The van der Waals surface area contributed by atoms with Gasteiger partial charge in [-0.15, -0.1) is 0 Å². The lowest BCUT2D eigenvalue weighted by molar-refractivity contribution is 0.0958. The Morgan fingerprint density at radius 2 is 2.20 bits per heavy atom. The van der Waals surface area contributed by atoms with E-state index in [-0.39, 0.29) is 23.5 Å². The summed E-state index contributed by atoms with van der Waals surface area (Å²) in [4.78, 5) is 13.6. The number of rotatable bonds is 4. The maximum atomic E-state index is 11.9. The molecule has 1 fully saturated rings. The second-order valence-electron chi connectivity index (χ2n) is 5.74. The van der Waals surface area contributed by atoms with Crippen LogP contribution >= 0.6 is 0 Å². The van der Waals surface area contributed by atoms with Gasteiger partial charge in [0.1, 0.15) is 17.6 Å². The fourth-order valence-corrected chi connectivity index (χ4v) is 2.40. The van der Waals surface area contributed by atoms with Gasteiger partial charge in [0, 0.05) is 12.8 Å². The first-order valence-electron chi connectivity index (χ1n) is 6.86. The van der Waals surface area contributed by atoms with Crippen molar-refractivity contribution in [3.05, 3.63) is 12.7 Å². The molecule has 0 saturated carbocycles. The van der Waals surface area contributed by atoms with Gasteiger partial charge in [-0.05, 0) is 40.0 Å². The molecule has 0 aliphatic carbocycles. The lowest BCUT2D eigenvalue weighted by Gasteiger charge is -2.32. The molecule has 0 aromatic rings. The molecule has 20 heavy (non-hydrogen) atoms. The van der Waals surface area contributed by atoms with E-state index in [0.717, 1.165) is 19.3 Å². The minimum atomic E-state index is -1.30. The Hall–Kier alpha value is -1.17. The fraction of sp³-hybridized carbons (Fsp3) is 0.714. The molecule has 1 rings (SSSR count). The van der Waals surface area contributed by atoms with Gasteiger partial charge in [-0.1, -0.05) is 12.7 Å². The molecule has 6 heteroatoms. The van der Waals surface area contributed by atoms with Crippen LogP contribution in [0.1, 0.15) is 40.0 Å².